The summed E-state index contributed by atoms with van der Waals surface area (Å²) >= 11 is 7.46. The summed E-state index contributed by atoms with van der Waals surface area (Å²) < 4.78 is 36.0. The van der Waals surface area contributed by atoms with Gasteiger partial charge in [0.1, 0.15) is 10.4 Å². The molecule has 1 saturated heterocycles. The van der Waals surface area contributed by atoms with Gasteiger partial charge in [0.05, 0.1) is 30.8 Å². The van der Waals surface area contributed by atoms with Crippen molar-refractivity contribution in [2.24, 2.45) is 0 Å². The number of nitrogens with zero attached hydrogens (tertiary/aromatic N) is 2. The van der Waals surface area contributed by atoms with E-state index < -0.39 is 16.2 Å². The van der Waals surface area contributed by atoms with E-state index in [2.05, 4.69) is 0 Å². The molecule has 0 bridgehead atoms. The van der Waals surface area contributed by atoms with Crippen LogP contribution in [0.25, 0.3) is 26.2 Å². The molecule has 4 aromatic rings. The highest BCUT2D eigenvalue weighted by molar-refractivity contribution is 7.86. The molecule has 1 fully saturated rings. The second-order valence-electron chi connectivity index (χ2n) is 8.41. The lowest BCUT2D eigenvalue weighted by Gasteiger charge is -2.22. The van der Waals surface area contributed by atoms with E-state index in [0.29, 0.717) is 40.7 Å². The highest BCUT2D eigenvalue weighted by Gasteiger charge is 2.28. The molecule has 0 spiro atoms. The highest BCUT2D eigenvalue weighted by Crippen LogP contribution is 2.35. The van der Waals surface area contributed by atoms with E-state index in [9.17, 15) is 13.2 Å². The highest BCUT2D eigenvalue weighted by atomic mass is 35.5. The van der Waals surface area contributed by atoms with Gasteiger partial charge in [-0.15, -0.1) is 11.3 Å². The van der Waals surface area contributed by atoms with Crippen LogP contribution in [0.5, 0.6) is 5.75 Å². The number of pyridine rings is 1. The Balaban J connectivity index is 1.46. The van der Waals surface area contributed by atoms with Crippen molar-refractivity contribution in [1.82, 2.24) is 4.57 Å². The van der Waals surface area contributed by atoms with E-state index in [1.54, 1.807) is 17.9 Å². The molecule has 2 aromatic heterocycles. The molecule has 10 heteroatoms. The average molecular weight is 531 g/mol. The van der Waals surface area contributed by atoms with Crippen LogP contribution in [0, 0.1) is 0 Å². The van der Waals surface area contributed by atoms with Gasteiger partial charge in [0.2, 0.25) is 0 Å². The Morgan fingerprint density at radius 3 is 2.57 bits per heavy atom. The standard InChI is InChI=1S/C25H23ClN2O5S2/c1-32-22-14-19(7-8-21(22)27-11-10-20(15-27)33-35(2,30)31)28-12-9-17-13-23(34-24(17)25(28)29)16-3-5-18(26)6-4-16/h3-9,12-14,20H,10-11,15H2,1-2H3/t20-/m1/s1. The Morgan fingerprint density at radius 1 is 1.09 bits per heavy atom. The second kappa shape index (κ2) is 9.31. The van der Waals surface area contributed by atoms with Crippen LogP contribution in [-0.2, 0) is 14.3 Å². The number of halogens is 1. The maximum Gasteiger partial charge on any atom is 0.273 e. The maximum atomic E-state index is 13.4. The molecule has 1 aliphatic rings. The zero-order chi connectivity index (χ0) is 24.7. The minimum absolute atomic E-state index is 0.106. The van der Waals surface area contributed by atoms with Crippen LogP contribution < -0.4 is 15.2 Å². The molecule has 0 amide bonds. The number of fused-ring (bicyclic) bond motifs is 1. The third kappa shape index (κ3) is 4.95. The van der Waals surface area contributed by atoms with Crippen molar-refractivity contribution < 1.29 is 17.3 Å². The lowest BCUT2D eigenvalue weighted by Crippen LogP contribution is -2.25. The summed E-state index contributed by atoms with van der Waals surface area (Å²) in [6, 6.07) is 17.1. The fraction of sp³-hybridized carbons (Fsp3) is 0.240. The molecular weight excluding hydrogens is 508 g/mol. The largest absolute Gasteiger partial charge is 0.495 e. The number of thiophene rings is 1. The summed E-state index contributed by atoms with van der Waals surface area (Å²) in [5, 5.41) is 1.56. The number of hydrogen-bond acceptors (Lipinski definition) is 7. The van der Waals surface area contributed by atoms with Gasteiger partial charge >= 0.3 is 0 Å². The molecular formula is C25H23ClN2O5S2. The van der Waals surface area contributed by atoms with Crippen LogP contribution in [0.2, 0.25) is 5.02 Å². The molecule has 5 rings (SSSR count). The van der Waals surface area contributed by atoms with E-state index in [0.717, 1.165) is 27.8 Å². The fourth-order valence-electron chi connectivity index (χ4n) is 4.34. The van der Waals surface area contributed by atoms with E-state index in [-0.39, 0.29) is 5.56 Å². The van der Waals surface area contributed by atoms with Crippen molar-refractivity contribution in [3.8, 4) is 21.9 Å². The summed E-state index contributed by atoms with van der Waals surface area (Å²) in [6.07, 6.45) is 3.03. The molecule has 7 nitrogen and oxygen atoms in total. The van der Waals surface area contributed by atoms with Gasteiger partial charge in [0.15, 0.2) is 0 Å². The summed E-state index contributed by atoms with van der Waals surface area (Å²) in [5.41, 5.74) is 2.41. The van der Waals surface area contributed by atoms with Gasteiger partial charge in [-0.2, -0.15) is 8.42 Å². The number of hydrogen-bond donors (Lipinski definition) is 0. The molecule has 182 valence electrons. The first-order valence-corrected chi connectivity index (χ1v) is 14.0. The zero-order valence-electron chi connectivity index (χ0n) is 19.1. The monoisotopic (exact) mass is 530 g/mol. The third-order valence-electron chi connectivity index (χ3n) is 5.94. The predicted octanol–water partition coefficient (Wildman–Crippen LogP) is 4.94. The van der Waals surface area contributed by atoms with Crippen molar-refractivity contribution in [3.63, 3.8) is 0 Å². The van der Waals surface area contributed by atoms with Crippen LogP contribution in [0.15, 0.2) is 65.6 Å². The van der Waals surface area contributed by atoms with Crippen LogP contribution in [0.4, 0.5) is 5.69 Å². The molecule has 0 N–H and O–H groups in total. The minimum Gasteiger partial charge on any atom is -0.495 e. The van der Waals surface area contributed by atoms with Gasteiger partial charge in [0, 0.05) is 40.6 Å². The second-order valence-corrected chi connectivity index (χ2v) is 11.5. The summed E-state index contributed by atoms with van der Waals surface area (Å²) in [4.78, 5) is 16.4. The topological polar surface area (TPSA) is 77.8 Å². The Bertz CT molecular complexity index is 1560. The fourth-order valence-corrected chi connectivity index (χ4v) is 6.21. The van der Waals surface area contributed by atoms with Crippen LogP contribution in [0.3, 0.4) is 0 Å². The summed E-state index contributed by atoms with van der Waals surface area (Å²) in [5.74, 6) is 0.600. The van der Waals surface area contributed by atoms with Gasteiger partial charge in [0.25, 0.3) is 15.7 Å². The van der Waals surface area contributed by atoms with Crippen LogP contribution in [0.1, 0.15) is 6.42 Å². The first kappa shape index (κ1) is 23.9. The maximum absolute atomic E-state index is 13.4. The van der Waals surface area contributed by atoms with Gasteiger partial charge in [-0.3, -0.25) is 13.5 Å². The molecule has 0 aliphatic carbocycles. The zero-order valence-corrected chi connectivity index (χ0v) is 21.5. The van der Waals surface area contributed by atoms with Crippen molar-refractivity contribution in [3.05, 3.63) is 76.2 Å². The molecule has 1 aliphatic heterocycles. The van der Waals surface area contributed by atoms with Gasteiger partial charge < -0.3 is 9.64 Å². The van der Waals surface area contributed by atoms with Crippen molar-refractivity contribution in [2.45, 2.75) is 12.5 Å². The van der Waals surface area contributed by atoms with Gasteiger partial charge in [-0.25, -0.2) is 0 Å². The Kier molecular flexibility index (Phi) is 6.35. The first-order valence-electron chi connectivity index (χ1n) is 10.9. The number of rotatable bonds is 6. The number of ether oxygens (including phenoxy) is 1. The van der Waals surface area contributed by atoms with Crippen molar-refractivity contribution in [2.75, 3.05) is 31.4 Å². The van der Waals surface area contributed by atoms with E-state index in [4.69, 9.17) is 20.5 Å². The third-order valence-corrected chi connectivity index (χ3v) is 8.01. The molecule has 0 saturated carbocycles. The molecule has 0 unspecified atom stereocenters. The van der Waals surface area contributed by atoms with E-state index >= 15 is 0 Å². The number of methoxy groups -OCH3 is 1. The summed E-state index contributed by atoms with van der Waals surface area (Å²) in [6.45, 7) is 1.09. The number of benzene rings is 2. The SMILES string of the molecule is COc1cc(-n2ccc3cc(-c4ccc(Cl)cc4)sc3c2=O)ccc1N1CC[C@@H](OS(C)(=O)=O)C1. The normalized spacial score (nSPS) is 16.2. The Hall–Kier alpha value is -2.85. The lowest BCUT2D eigenvalue weighted by molar-refractivity contribution is 0.234. The summed E-state index contributed by atoms with van der Waals surface area (Å²) in [7, 11) is -1.94. The quantitative estimate of drug-likeness (QED) is 0.329. The first-order chi connectivity index (χ1) is 16.7. The smallest absolute Gasteiger partial charge is 0.273 e. The molecule has 0 radical (unpaired) electrons. The van der Waals surface area contributed by atoms with Crippen LogP contribution >= 0.6 is 22.9 Å². The van der Waals surface area contributed by atoms with E-state index in [1.807, 2.05) is 59.5 Å². The lowest BCUT2D eigenvalue weighted by atomic mass is 10.2. The van der Waals surface area contributed by atoms with Crippen molar-refractivity contribution >= 4 is 48.8 Å². The molecule has 2 aromatic carbocycles. The van der Waals surface area contributed by atoms with Crippen molar-refractivity contribution in [1.29, 1.82) is 0 Å². The van der Waals surface area contributed by atoms with E-state index in [1.165, 1.54) is 11.3 Å². The predicted molar refractivity (Wildman–Crippen MR) is 141 cm³/mol. The molecule has 3 heterocycles. The van der Waals surface area contributed by atoms with Gasteiger partial charge in [-0.05, 0) is 48.4 Å². The van der Waals surface area contributed by atoms with Crippen LogP contribution in [-0.4, -0.2) is 45.5 Å². The molecule has 1 atom stereocenters. The molecule has 35 heavy (non-hydrogen) atoms. The Morgan fingerprint density at radius 2 is 1.86 bits per heavy atom. The number of aromatic nitrogens is 1. The number of anilines is 1. The average Bonchev–Trinajstić information content (AvgIpc) is 3.46. The van der Waals surface area contributed by atoms with Gasteiger partial charge in [-0.1, -0.05) is 23.7 Å². The Labute approximate surface area is 212 Å². The minimum atomic E-state index is -3.51.